The molecular formula is C24H32N6O4. The Morgan fingerprint density at radius 1 is 1.24 bits per heavy atom. The molecule has 182 valence electrons. The summed E-state index contributed by atoms with van der Waals surface area (Å²) >= 11 is 0. The molecule has 4 rings (SSSR count). The Kier molecular flexibility index (Phi) is 7.46. The molecule has 1 aromatic heterocycles. The molecule has 34 heavy (non-hydrogen) atoms. The number of hydrogen-bond donors (Lipinski definition) is 3. The number of carboxylic acids is 1. The number of carbonyl (C=O) groups excluding carboxylic acids is 1. The number of unbranched alkanes of at least 4 members (excludes halogenated alkanes) is 1. The predicted molar refractivity (Wildman–Crippen MR) is 129 cm³/mol. The van der Waals surface area contributed by atoms with Crippen molar-refractivity contribution < 1.29 is 19.4 Å². The van der Waals surface area contributed by atoms with Crippen LogP contribution in [0, 0.1) is 5.92 Å². The number of rotatable bonds is 9. The molecule has 1 fully saturated rings. The normalized spacial score (nSPS) is 16.7. The predicted octanol–water partition coefficient (Wildman–Crippen LogP) is 2.49. The van der Waals surface area contributed by atoms with Gasteiger partial charge in [0, 0.05) is 13.1 Å². The smallest absolute Gasteiger partial charge is 0.320 e. The number of benzene rings is 1. The van der Waals surface area contributed by atoms with E-state index in [1.54, 1.807) is 0 Å². The number of piperidine rings is 1. The van der Waals surface area contributed by atoms with Crippen molar-refractivity contribution in [3.8, 4) is 6.01 Å². The molecule has 0 aliphatic carbocycles. The van der Waals surface area contributed by atoms with Crippen LogP contribution in [0.4, 0.5) is 17.3 Å². The Bertz CT molecular complexity index is 1040. The second-order valence-electron chi connectivity index (χ2n) is 8.90. The maximum atomic E-state index is 12.3. The van der Waals surface area contributed by atoms with E-state index in [1.165, 1.54) is 0 Å². The summed E-state index contributed by atoms with van der Waals surface area (Å²) < 4.78 is 5.66. The monoisotopic (exact) mass is 468 g/mol. The van der Waals surface area contributed by atoms with E-state index in [1.807, 2.05) is 17.0 Å². The zero-order valence-corrected chi connectivity index (χ0v) is 19.5. The van der Waals surface area contributed by atoms with E-state index < -0.39 is 5.97 Å². The van der Waals surface area contributed by atoms with Crippen molar-refractivity contribution in [3.63, 3.8) is 0 Å². The van der Waals surface area contributed by atoms with Crippen LogP contribution in [0.5, 0.6) is 6.01 Å². The molecule has 0 unspecified atom stereocenters. The Labute approximate surface area is 199 Å². The molecule has 2 aromatic rings. The summed E-state index contributed by atoms with van der Waals surface area (Å²) in [4.78, 5) is 36.4. The molecule has 2 aliphatic rings. The maximum Gasteiger partial charge on any atom is 0.320 e. The largest absolute Gasteiger partial charge is 0.481 e. The van der Waals surface area contributed by atoms with Gasteiger partial charge < -0.3 is 25.8 Å². The van der Waals surface area contributed by atoms with Gasteiger partial charge in [-0.25, -0.2) is 0 Å². The van der Waals surface area contributed by atoms with Crippen molar-refractivity contribution in [1.82, 2.24) is 14.9 Å². The molecule has 1 saturated heterocycles. The van der Waals surface area contributed by atoms with Crippen molar-refractivity contribution in [2.45, 2.75) is 45.7 Å². The maximum absolute atomic E-state index is 12.3. The van der Waals surface area contributed by atoms with Crippen LogP contribution in [0.25, 0.3) is 0 Å². The summed E-state index contributed by atoms with van der Waals surface area (Å²) in [5.41, 5.74) is 8.72. The van der Waals surface area contributed by atoms with Crippen molar-refractivity contribution in [1.29, 1.82) is 0 Å². The lowest BCUT2D eigenvalue weighted by Crippen LogP contribution is -2.39. The molecule has 0 atom stereocenters. The lowest BCUT2D eigenvalue weighted by atomic mass is 9.96. The number of hydrogen-bond acceptors (Lipinski definition) is 8. The van der Waals surface area contributed by atoms with Gasteiger partial charge in [-0.1, -0.05) is 37.6 Å². The van der Waals surface area contributed by atoms with Crippen LogP contribution in [0.1, 0.15) is 43.7 Å². The number of carboxylic acid groups (broad SMARTS) is 1. The number of nitrogen functional groups attached to an aromatic ring is 1. The molecule has 10 nitrogen and oxygen atoms in total. The zero-order chi connectivity index (χ0) is 24.1. The highest BCUT2D eigenvalue weighted by molar-refractivity contribution is 6.03. The van der Waals surface area contributed by atoms with Crippen LogP contribution in [-0.4, -0.2) is 58.1 Å². The fourth-order valence-corrected chi connectivity index (χ4v) is 4.37. The van der Waals surface area contributed by atoms with Gasteiger partial charge in [0.15, 0.2) is 11.6 Å². The van der Waals surface area contributed by atoms with Crippen LogP contribution in [-0.2, 0) is 22.7 Å². The van der Waals surface area contributed by atoms with Crippen molar-refractivity contribution in [2.24, 2.45) is 5.92 Å². The SMILES string of the molecule is CCCCOc1nc(N)c2c(n1)N(Cc1cccc(CN3CCC(C(=O)O)CC3)c1)CC(=O)N2. The van der Waals surface area contributed by atoms with E-state index in [4.69, 9.17) is 10.5 Å². The number of anilines is 3. The summed E-state index contributed by atoms with van der Waals surface area (Å²) in [6.07, 6.45) is 3.25. The zero-order valence-electron chi connectivity index (χ0n) is 19.5. The summed E-state index contributed by atoms with van der Waals surface area (Å²) in [5, 5.41) is 12.0. The average molecular weight is 469 g/mol. The van der Waals surface area contributed by atoms with Crippen LogP contribution < -0.4 is 20.7 Å². The van der Waals surface area contributed by atoms with Gasteiger partial charge in [0.1, 0.15) is 5.69 Å². The molecular weight excluding hydrogens is 436 g/mol. The summed E-state index contributed by atoms with van der Waals surface area (Å²) in [6.45, 7) is 5.55. The average Bonchev–Trinajstić information content (AvgIpc) is 2.81. The standard InChI is InChI=1S/C24H32N6O4/c1-2-3-11-34-24-27-21(25)20-22(28-24)30(15-19(31)26-20)14-17-6-4-5-16(12-17)13-29-9-7-18(8-10-29)23(32)33/h4-6,12,18H,2-3,7-11,13-15H2,1H3,(H,26,31)(H,32,33)(H2,25,27,28). The summed E-state index contributed by atoms with van der Waals surface area (Å²) in [6, 6.07) is 8.44. The second kappa shape index (κ2) is 10.7. The van der Waals surface area contributed by atoms with Crippen molar-refractivity contribution in [2.75, 3.05) is 42.2 Å². The number of aliphatic carboxylic acids is 1. The Morgan fingerprint density at radius 3 is 2.68 bits per heavy atom. The third-order valence-electron chi connectivity index (χ3n) is 6.23. The molecule has 0 spiro atoms. The van der Waals surface area contributed by atoms with Crippen LogP contribution in [0.3, 0.4) is 0 Å². The number of aromatic nitrogens is 2. The number of nitrogens with two attached hydrogens (primary N) is 1. The molecule has 0 radical (unpaired) electrons. The van der Waals surface area contributed by atoms with E-state index in [2.05, 4.69) is 39.2 Å². The molecule has 10 heteroatoms. The van der Waals surface area contributed by atoms with Gasteiger partial charge in [0.05, 0.1) is 19.1 Å². The van der Waals surface area contributed by atoms with E-state index in [0.717, 1.165) is 43.6 Å². The lowest BCUT2D eigenvalue weighted by molar-refractivity contribution is -0.143. The van der Waals surface area contributed by atoms with Crippen molar-refractivity contribution in [3.05, 3.63) is 35.4 Å². The lowest BCUT2D eigenvalue weighted by Gasteiger charge is -2.31. The van der Waals surface area contributed by atoms with Gasteiger partial charge in [-0.05, 0) is 43.5 Å². The first-order chi connectivity index (χ1) is 16.4. The van der Waals surface area contributed by atoms with Gasteiger partial charge in [-0.15, -0.1) is 0 Å². The van der Waals surface area contributed by atoms with Crippen LogP contribution in [0.2, 0.25) is 0 Å². The number of likely N-dealkylation sites (tertiary alicyclic amines) is 1. The van der Waals surface area contributed by atoms with Gasteiger partial charge in [0.2, 0.25) is 5.91 Å². The van der Waals surface area contributed by atoms with Crippen molar-refractivity contribution >= 4 is 29.2 Å². The molecule has 1 amide bonds. The van der Waals surface area contributed by atoms with E-state index in [0.29, 0.717) is 37.5 Å². The fraction of sp³-hybridized carbons (Fsp3) is 0.500. The third kappa shape index (κ3) is 5.74. The van der Waals surface area contributed by atoms with E-state index in [9.17, 15) is 14.7 Å². The highest BCUT2D eigenvalue weighted by Crippen LogP contribution is 2.34. The molecule has 0 bridgehead atoms. The van der Waals surface area contributed by atoms with Crippen LogP contribution in [0.15, 0.2) is 24.3 Å². The molecule has 2 aliphatic heterocycles. The molecule has 4 N–H and O–H groups in total. The summed E-state index contributed by atoms with van der Waals surface area (Å²) in [7, 11) is 0. The number of carbonyl (C=O) groups is 2. The second-order valence-corrected chi connectivity index (χ2v) is 8.90. The highest BCUT2D eigenvalue weighted by Gasteiger charge is 2.28. The number of nitrogens with zero attached hydrogens (tertiary/aromatic N) is 4. The Balaban J connectivity index is 1.47. The van der Waals surface area contributed by atoms with Gasteiger partial charge in [0.25, 0.3) is 0 Å². The van der Waals surface area contributed by atoms with E-state index >= 15 is 0 Å². The third-order valence-corrected chi connectivity index (χ3v) is 6.23. The van der Waals surface area contributed by atoms with Crippen LogP contribution >= 0.6 is 0 Å². The van der Waals surface area contributed by atoms with Gasteiger partial charge in [-0.2, -0.15) is 9.97 Å². The Hall–Kier alpha value is -3.40. The minimum Gasteiger partial charge on any atom is -0.481 e. The fourth-order valence-electron chi connectivity index (χ4n) is 4.37. The molecule has 1 aromatic carbocycles. The number of fused-ring (bicyclic) bond motifs is 1. The number of ether oxygens (including phenoxy) is 1. The molecule has 3 heterocycles. The van der Waals surface area contributed by atoms with E-state index in [-0.39, 0.29) is 30.2 Å². The first-order valence-corrected chi connectivity index (χ1v) is 11.8. The summed E-state index contributed by atoms with van der Waals surface area (Å²) in [5.74, 6) is -0.359. The van der Waals surface area contributed by atoms with Gasteiger partial charge >= 0.3 is 12.0 Å². The highest BCUT2D eigenvalue weighted by atomic mass is 16.5. The number of nitrogens with one attached hydrogen (secondary N) is 1. The first kappa shape index (κ1) is 23.7. The topological polar surface area (TPSA) is 134 Å². The minimum absolute atomic E-state index is 0.158. The van der Waals surface area contributed by atoms with Gasteiger partial charge in [-0.3, -0.25) is 14.5 Å². The Morgan fingerprint density at radius 2 is 1.97 bits per heavy atom. The minimum atomic E-state index is -0.698. The molecule has 0 saturated carbocycles. The quantitative estimate of drug-likeness (QED) is 0.475. The first-order valence-electron chi connectivity index (χ1n) is 11.8. The number of amides is 1.